The summed E-state index contributed by atoms with van der Waals surface area (Å²) in [5.41, 5.74) is 1.06. The Morgan fingerprint density at radius 2 is 1.85 bits per heavy atom. The number of benzene rings is 1. The van der Waals surface area contributed by atoms with Crippen LogP contribution in [0, 0.1) is 5.92 Å². The summed E-state index contributed by atoms with van der Waals surface area (Å²) in [6, 6.07) is 9.73. The fourth-order valence-corrected chi connectivity index (χ4v) is 2.62. The van der Waals surface area contributed by atoms with Crippen molar-refractivity contribution in [1.29, 1.82) is 0 Å². The van der Waals surface area contributed by atoms with Crippen LogP contribution >= 0.6 is 0 Å². The van der Waals surface area contributed by atoms with Crippen molar-refractivity contribution in [2.75, 3.05) is 6.54 Å². The van der Waals surface area contributed by atoms with Crippen molar-refractivity contribution < 1.29 is 9.59 Å². The second kappa shape index (κ2) is 7.08. The third-order valence-electron chi connectivity index (χ3n) is 3.83. The van der Waals surface area contributed by atoms with Crippen LogP contribution < -0.4 is 10.6 Å². The first kappa shape index (κ1) is 14.6. The molecule has 1 fully saturated rings. The molecule has 20 heavy (non-hydrogen) atoms. The molecule has 0 unspecified atom stereocenters. The lowest BCUT2D eigenvalue weighted by molar-refractivity contribution is -0.128. The molecule has 0 heterocycles. The molecule has 0 bridgehead atoms. The van der Waals surface area contributed by atoms with Crippen molar-refractivity contribution in [3.05, 3.63) is 35.9 Å². The van der Waals surface area contributed by atoms with Crippen molar-refractivity contribution in [1.82, 2.24) is 10.6 Å². The zero-order valence-electron chi connectivity index (χ0n) is 11.9. The van der Waals surface area contributed by atoms with E-state index in [1.165, 1.54) is 0 Å². The van der Waals surface area contributed by atoms with Gasteiger partial charge in [-0.05, 0) is 25.3 Å². The van der Waals surface area contributed by atoms with Crippen molar-refractivity contribution >= 4 is 11.8 Å². The van der Waals surface area contributed by atoms with Gasteiger partial charge in [-0.15, -0.1) is 0 Å². The Hall–Kier alpha value is -1.84. The van der Waals surface area contributed by atoms with Crippen molar-refractivity contribution in [2.45, 2.75) is 38.6 Å². The maximum absolute atomic E-state index is 11.8. The second-order valence-electron chi connectivity index (χ2n) is 5.40. The van der Waals surface area contributed by atoms with Gasteiger partial charge in [0.05, 0.1) is 12.6 Å². The van der Waals surface area contributed by atoms with E-state index in [0.717, 1.165) is 31.2 Å². The predicted octanol–water partition coefficient (Wildman–Crippen LogP) is 2.17. The molecule has 1 aliphatic carbocycles. The summed E-state index contributed by atoms with van der Waals surface area (Å²) in [5.74, 6) is -0.0212. The van der Waals surface area contributed by atoms with Crippen LogP contribution in [-0.2, 0) is 9.59 Å². The summed E-state index contributed by atoms with van der Waals surface area (Å²) < 4.78 is 0. The number of nitrogens with one attached hydrogen (secondary N) is 2. The van der Waals surface area contributed by atoms with Gasteiger partial charge in [-0.1, -0.05) is 43.2 Å². The van der Waals surface area contributed by atoms with Gasteiger partial charge in [0.2, 0.25) is 11.8 Å². The van der Waals surface area contributed by atoms with Gasteiger partial charge in [-0.25, -0.2) is 0 Å². The third-order valence-corrected chi connectivity index (χ3v) is 3.83. The fraction of sp³-hybridized carbons (Fsp3) is 0.500. The summed E-state index contributed by atoms with van der Waals surface area (Å²) in [7, 11) is 0. The van der Waals surface area contributed by atoms with Crippen LogP contribution in [0.4, 0.5) is 0 Å². The van der Waals surface area contributed by atoms with Crippen LogP contribution in [0.1, 0.15) is 44.2 Å². The topological polar surface area (TPSA) is 58.2 Å². The molecule has 1 aromatic rings. The Kier molecular flexibility index (Phi) is 5.16. The van der Waals surface area contributed by atoms with Crippen molar-refractivity contribution in [3.63, 3.8) is 0 Å². The molecule has 0 radical (unpaired) electrons. The van der Waals surface area contributed by atoms with E-state index < -0.39 is 0 Å². The van der Waals surface area contributed by atoms with E-state index in [4.69, 9.17) is 0 Å². The van der Waals surface area contributed by atoms with Crippen LogP contribution in [0.2, 0.25) is 0 Å². The Morgan fingerprint density at radius 1 is 1.20 bits per heavy atom. The number of hydrogen-bond acceptors (Lipinski definition) is 2. The maximum Gasteiger partial charge on any atom is 0.239 e. The van der Waals surface area contributed by atoms with E-state index >= 15 is 0 Å². The van der Waals surface area contributed by atoms with Gasteiger partial charge >= 0.3 is 0 Å². The van der Waals surface area contributed by atoms with Crippen LogP contribution in [0.5, 0.6) is 0 Å². The van der Waals surface area contributed by atoms with Gasteiger partial charge in [-0.3, -0.25) is 9.59 Å². The van der Waals surface area contributed by atoms with E-state index in [9.17, 15) is 9.59 Å². The monoisotopic (exact) mass is 274 g/mol. The summed E-state index contributed by atoms with van der Waals surface area (Å²) in [5, 5.41) is 5.62. The van der Waals surface area contributed by atoms with Gasteiger partial charge in [0.25, 0.3) is 0 Å². The molecule has 4 heteroatoms. The minimum atomic E-state index is -0.146. The first-order valence-corrected chi connectivity index (χ1v) is 7.29. The molecule has 2 rings (SSSR count). The molecule has 0 saturated heterocycles. The Balaban J connectivity index is 1.73. The highest BCUT2D eigenvalue weighted by Gasteiger charge is 2.22. The van der Waals surface area contributed by atoms with Gasteiger partial charge in [-0.2, -0.15) is 0 Å². The van der Waals surface area contributed by atoms with Gasteiger partial charge < -0.3 is 10.6 Å². The molecule has 1 saturated carbocycles. The molecular weight excluding hydrogens is 252 g/mol. The standard InChI is InChI=1S/C16H22N2O2/c1-12(13-7-3-2-4-8-13)18-15(19)11-17-16(20)14-9-5-6-10-14/h2-4,7-8,12,14H,5-6,9-11H2,1H3,(H,17,20)(H,18,19)/t12-/m0/s1. The van der Waals surface area contributed by atoms with Crippen LogP contribution in [0.3, 0.4) is 0 Å². The Bertz CT molecular complexity index is 453. The zero-order chi connectivity index (χ0) is 14.4. The molecule has 1 aliphatic rings. The Labute approximate surface area is 119 Å². The first-order chi connectivity index (χ1) is 9.66. The van der Waals surface area contributed by atoms with E-state index in [0.29, 0.717) is 0 Å². The zero-order valence-corrected chi connectivity index (χ0v) is 11.9. The number of amides is 2. The largest absolute Gasteiger partial charge is 0.348 e. The van der Waals surface area contributed by atoms with E-state index in [2.05, 4.69) is 10.6 Å². The number of rotatable bonds is 5. The third kappa shape index (κ3) is 4.08. The lowest BCUT2D eigenvalue weighted by atomic mass is 10.1. The predicted molar refractivity (Wildman–Crippen MR) is 78.0 cm³/mol. The smallest absolute Gasteiger partial charge is 0.239 e. The van der Waals surface area contributed by atoms with Gasteiger partial charge in [0.15, 0.2) is 0 Å². The lowest BCUT2D eigenvalue weighted by Crippen LogP contribution is -2.39. The van der Waals surface area contributed by atoms with Crippen LogP contribution in [-0.4, -0.2) is 18.4 Å². The first-order valence-electron chi connectivity index (χ1n) is 7.29. The molecule has 4 nitrogen and oxygen atoms in total. The summed E-state index contributed by atoms with van der Waals surface area (Å²) in [4.78, 5) is 23.6. The molecule has 2 N–H and O–H groups in total. The summed E-state index contributed by atoms with van der Waals surface area (Å²) in [6.45, 7) is 2.00. The minimum Gasteiger partial charge on any atom is -0.348 e. The van der Waals surface area contributed by atoms with Crippen LogP contribution in [0.15, 0.2) is 30.3 Å². The van der Waals surface area contributed by atoms with E-state index in [-0.39, 0.29) is 30.3 Å². The molecule has 0 aliphatic heterocycles. The maximum atomic E-state index is 11.8. The van der Waals surface area contributed by atoms with Gasteiger partial charge in [0, 0.05) is 5.92 Å². The highest BCUT2D eigenvalue weighted by Crippen LogP contribution is 2.24. The number of hydrogen-bond donors (Lipinski definition) is 2. The SMILES string of the molecule is C[C@H](NC(=O)CNC(=O)C1CCCC1)c1ccccc1. The molecular formula is C16H22N2O2. The summed E-state index contributed by atoms with van der Waals surface area (Å²) >= 11 is 0. The van der Waals surface area contributed by atoms with E-state index in [1.54, 1.807) is 0 Å². The molecule has 2 amide bonds. The van der Waals surface area contributed by atoms with Crippen molar-refractivity contribution in [2.24, 2.45) is 5.92 Å². The highest BCUT2D eigenvalue weighted by molar-refractivity contribution is 5.86. The number of carbonyl (C=O) groups is 2. The lowest BCUT2D eigenvalue weighted by Gasteiger charge is -2.15. The quantitative estimate of drug-likeness (QED) is 0.864. The normalized spacial score (nSPS) is 16.6. The fourth-order valence-electron chi connectivity index (χ4n) is 2.62. The second-order valence-corrected chi connectivity index (χ2v) is 5.40. The average Bonchev–Trinajstić information content (AvgIpc) is 3.00. The molecule has 1 atom stereocenters. The molecule has 1 aromatic carbocycles. The van der Waals surface area contributed by atoms with Gasteiger partial charge in [0.1, 0.15) is 0 Å². The molecule has 0 spiro atoms. The van der Waals surface area contributed by atoms with E-state index in [1.807, 2.05) is 37.3 Å². The average molecular weight is 274 g/mol. The molecule has 0 aromatic heterocycles. The Morgan fingerprint density at radius 3 is 2.50 bits per heavy atom. The molecule has 108 valence electrons. The number of carbonyl (C=O) groups excluding carboxylic acids is 2. The highest BCUT2D eigenvalue weighted by atomic mass is 16.2. The van der Waals surface area contributed by atoms with Crippen LogP contribution in [0.25, 0.3) is 0 Å². The summed E-state index contributed by atoms with van der Waals surface area (Å²) in [6.07, 6.45) is 4.15. The minimum absolute atomic E-state index is 0.0185. The van der Waals surface area contributed by atoms with Crippen molar-refractivity contribution in [3.8, 4) is 0 Å².